The van der Waals surface area contributed by atoms with Crippen LogP contribution in [0, 0.1) is 0 Å². The van der Waals surface area contributed by atoms with Gasteiger partial charge in [0.25, 0.3) is 0 Å². The smallest absolute Gasteiger partial charge is 0.248 e. The van der Waals surface area contributed by atoms with E-state index in [1.807, 2.05) is 18.2 Å². The van der Waals surface area contributed by atoms with Crippen molar-refractivity contribution in [3.63, 3.8) is 0 Å². The van der Waals surface area contributed by atoms with Crippen LogP contribution < -0.4 is 5.73 Å². The minimum absolute atomic E-state index is 0.215. The lowest BCUT2D eigenvalue weighted by molar-refractivity contribution is -0.0124. The SMILES string of the molecule is NC(=O)c1cccc(C23CCCC(C2)N(CCCC2(O)CCCCC2)CC3)c1. The number of nitrogens with zero attached hydrogens (tertiary/aromatic N) is 1. The third kappa shape index (κ3) is 4.13. The molecule has 2 aliphatic carbocycles. The van der Waals surface area contributed by atoms with Crippen LogP contribution in [-0.2, 0) is 5.41 Å². The largest absolute Gasteiger partial charge is 0.390 e. The van der Waals surface area contributed by atoms with Crippen molar-refractivity contribution >= 4 is 5.91 Å². The van der Waals surface area contributed by atoms with Gasteiger partial charge in [0.2, 0.25) is 5.91 Å². The first-order valence-corrected chi connectivity index (χ1v) is 11.4. The summed E-state index contributed by atoms with van der Waals surface area (Å²) in [6, 6.07) is 8.70. The average molecular weight is 385 g/mol. The van der Waals surface area contributed by atoms with Crippen LogP contribution in [0.2, 0.25) is 0 Å². The van der Waals surface area contributed by atoms with Crippen LogP contribution in [0.3, 0.4) is 0 Å². The van der Waals surface area contributed by atoms with Gasteiger partial charge in [0.05, 0.1) is 5.60 Å². The minimum Gasteiger partial charge on any atom is -0.390 e. The summed E-state index contributed by atoms with van der Waals surface area (Å²) in [5.74, 6) is -0.330. The molecule has 0 radical (unpaired) electrons. The van der Waals surface area contributed by atoms with Crippen molar-refractivity contribution in [1.82, 2.24) is 4.90 Å². The molecule has 1 saturated heterocycles. The molecule has 28 heavy (non-hydrogen) atoms. The van der Waals surface area contributed by atoms with E-state index >= 15 is 0 Å². The van der Waals surface area contributed by atoms with Crippen LogP contribution in [0.1, 0.15) is 93.0 Å². The Morgan fingerprint density at radius 2 is 1.96 bits per heavy atom. The van der Waals surface area contributed by atoms with E-state index < -0.39 is 0 Å². The van der Waals surface area contributed by atoms with Gasteiger partial charge in [-0.05, 0) is 87.6 Å². The highest BCUT2D eigenvalue weighted by atomic mass is 16.3. The van der Waals surface area contributed by atoms with Crippen molar-refractivity contribution in [3.8, 4) is 0 Å². The van der Waals surface area contributed by atoms with Gasteiger partial charge < -0.3 is 15.7 Å². The van der Waals surface area contributed by atoms with E-state index in [0.717, 1.165) is 45.2 Å². The van der Waals surface area contributed by atoms with Crippen molar-refractivity contribution in [2.45, 2.75) is 94.1 Å². The Balaban J connectivity index is 1.38. The van der Waals surface area contributed by atoms with E-state index in [0.29, 0.717) is 11.6 Å². The van der Waals surface area contributed by atoms with Gasteiger partial charge in [-0.1, -0.05) is 37.8 Å². The standard InChI is InChI=1S/C24H36N2O2/c25-22(27)19-7-4-8-20(17-19)23-10-5-9-21(18-23)26(16-14-23)15-6-13-24(28)11-2-1-3-12-24/h4,7-8,17,21,28H,1-3,5-6,9-16,18H2,(H2,25,27). The first-order chi connectivity index (χ1) is 13.5. The Kier molecular flexibility index (Phi) is 5.80. The molecule has 2 bridgehead atoms. The topological polar surface area (TPSA) is 66.6 Å². The molecule has 2 saturated carbocycles. The van der Waals surface area contributed by atoms with Gasteiger partial charge >= 0.3 is 0 Å². The van der Waals surface area contributed by atoms with E-state index in [2.05, 4.69) is 11.0 Å². The van der Waals surface area contributed by atoms with Crippen LogP contribution >= 0.6 is 0 Å². The zero-order valence-electron chi connectivity index (χ0n) is 17.2. The van der Waals surface area contributed by atoms with Crippen molar-refractivity contribution in [2.24, 2.45) is 5.73 Å². The number of rotatable bonds is 6. The Morgan fingerprint density at radius 3 is 2.75 bits per heavy atom. The van der Waals surface area contributed by atoms with E-state index in [4.69, 9.17) is 5.73 Å². The van der Waals surface area contributed by atoms with Crippen molar-refractivity contribution in [2.75, 3.05) is 13.1 Å². The maximum Gasteiger partial charge on any atom is 0.248 e. The van der Waals surface area contributed by atoms with Gasteiger partial charge in [0.15, 0.2) is 0 Å². The number of carbonyl (C=O) groups is 1. The lowest BCUT2D eigenvalue weighted by Crippen LogP contribution is -2.52. The molecule has 154 valence electrons. The molecule has 3 N–H and O–H groups in total. The molecule has 3 aliphatic rings. The molecule has 4 heteroatoms. The first kappa shape index (κ1) is 19.9. The quantitative estimate of drug-likeness (QED) is 0.774. The second kappa shape index (κ2) is 8.16. The number of benzene rings is 1. The Bertz CT molecular complexity index is 698. The van der Waals surface area contributed by atoms with Crippen LogP contribution in [0.15, 0.2) is 24.3 Å². The van der Waals surface area contributed by atoms with Gasteiger partial charge in [-0.3, -0.25) is 4.79 Å². The highest BCUT2D eigenvalue weighted by molar-refractivity contribution is 5.92. The molecule has 0 aromatic heterocycles. The summed E-state index contributed by atoms with van der Waals surface area (Å²) in [6.07, 6.45) is 13.8. The van der Waals surface area contributed by atoms with Gasteiger partial charge in [-0.25, -0.2) is 0 Å². The fourth-order valence-corrected chi connectivity index (χ4v) is 6.18. The molecule has 2 atom stereocenters. The number of hydrogen-bond acceptors (Lipinski definition) is 3. The second-order valence-corrected chi connectivity index (χ2v) is 9.65. The zero-order chi connectivity index (χ0) is 19.6. The molecule has 4 nitrogen and oxygen atoms in total. The maximum absolute atomic E-state index is 11.6. The molecule has 0 spiro atoms. The number of likely N-dealkylation sites (tertiary alicyclic amines) is 1. The first-order valence-electron chi connectivity index (χ1n) is 11.4. The third-order valence-electron chi connectivity index (χ3n) is 7.84. The zero-order valence-corrected chi connectivity index (χ0v) is 17.2. The summed E-state index contributed by atoms with van der Waals surface area (Å²) in [6.45, 7) is 2.24. The van der Waals surface area contributed by atoms with Crippen LogP contribution in [-0.4, -0.2) is 40.6 Å². The van der Waals surface area contributed by atoms with Gasteiger partial charge in [-0.2, -0.15) is 0 Å². The second-order valence-electron chi connectivity index (χ2n) is 9.65. The van der Waals surface area contributed by atoms with E-state index in [-0.39, 0.29) is 16.9 Å². The molecule has 4 rings (SSSR count). The van der Waals surface area contributed by atoms with E-state index in [1.54, 1.807) is 0 Å². The van der Waals surface area contributed by atoms with Crippen molar-refractivity contribution < 1.29 is 9.90 Å². The number of primary amides is 1. The van der Waals surface area contributed by atoms with E-state index in [1.165, 1.54) is 50.5 Å². The number of hydrogen-bond donors (Lipinski definition) is 2. The Hall–Kier alpha value is -1.39. The summed E-state index contributed by atoms with van der Waals surface area (Å²) in [4.78, 5) is 14.3. The molecular weight excluding hydrogens is 348 g/mol. The fourth-order valence-electron chi connectivity index (χ4n) is 6.18. The summed E-state index contributed by atoms with van der Waals surface area (Å²) in [7, 11) is 0. The third-order valence-corrected chi connectivity index (χ3v) is 7.84. The molecule has 1 amide bonds. The Labute approximate surface area is 169 Å². The minimum atomic E-state index is -0.389. The van der Waals surface area contributed by atoms with Crippen molar-refractivity contribution in [1.29, 1.82) is 0 Å². The number of aliphatic hydroxyl groups is 1. The molecule has 2 unspecified atom stereocenters. The molecule has 1 heterocycles. The number of piperidine rings is 1. The summed E-state index contributed by atoms with van der Waals surface area (Å²) < 4.78 is 0. The number of carbonyl (C=O) groups excluding carboxylic acids is 1. The normalized spacial score (nSPS) is 30.1. The molecule has 1 aromatic rings. The fraction of sp³-hybridized carbons (Fsp3) is 0.708. The summed E-state index contributed by atoms with van der Waals surface area (Å²) >= 11 is 0. The van der Waals surface area contributed by atoms with E-state index in [9.17, 15) is 9.90 Å². The van der Waals surface area contributed by atoms with Gasteiger partial charge in [-0.15, -0.1) is 0 Å². The number of amides is 1. The highest BCUT2D eigenvalue weighted by Gasteiger charge is 2.43. The lowest BCUT2D eigenvalue weighted by Gasteiger charge is -2.51. The molecule has 1 aromatic carbocycles. The summed E-state index contributed by atoms with van der Waals surface area (Å²) in [5, 5.41) is 10.8. The van der Waals surface area contributed by atoms with Gasteiger partial charge in [0.1, 0.15) is 0 Å². The molecule has 3 fully saturated rings. The average Bonchev–Trinajstić information content (AvgIpc) is 2.71. The Morgan fingerprint density at radius 1 is 1.14 bits per heavy atom. The van der Waals surface area contributed by atoms with Crippen LogP contribution in [0.4, 0.5) is 0 Å². The monoisotopic (exact) mass is 384 g/mol. The maximum atomic E-state index is 11.6. The predicted molar refractivity (Wildman–Crippen MR) is 112 cm³/mol. The highest BCUT2D eigenvalue weighted by Crippen LogP contribution is 2.47. The van der Waals surface area contributed by atoms with Crippen molar-refractivity contribution in [3.05, 3.63) is 35.4 Å². The molecule has 1 aliphatic heterocycles. The van der Waals surface area contributed by atoms with Gasteiger partial charge in [0, 0.05) is 11.6 Å². The predicted octanol–water partition coefficient (Wildman–Crippen LogP) is 4.15. The van der Waals surface area contributed by atoms with Crippen LogP contribution in [0.25, 0.3) is 0 Å². The van der Waals surface area contributed by atoms with Crippen LogP contribution in [0.5, 0.6) is 0 Å². The number of fused-ring (bicyclic) bond motifs is 2. The molecular formula is C24H36N2O2. The summed E-state index contributed by atoms with van der Waals surface area (Å²) in [5.41, 5.74) is 7.29. The lowest BCUT2D eigenvalue weighted by atomic mass is 9.63. The number of nitrogens with two attached hydrogens (primary N) is 1.